The van der Waals surface area contributed by atoms with Crippen molar-refractivity contribution in [1.29, 1.82) is 0 Å². The molecule has 0 saturated carbocycles. The molecule has 1 aliphatic carbocycles. The van der Waals surface area contributed by atoms with Crippen molar-refractivity contribution in [2.75, 3.05) is 0 Å². The van der Waals surface area contributed by atoms with E-state index < -0.39 is 0 Å². The lowest BCUT2D eigenvalue weighted by Gasteiger charge is -2.02. The van der Waals surface area contributed by atoms with E-state index in [1.807, 2.05) is 11.3 Å². The summed E-state index contributed by atoms with van der Waals surface area (Å²) in [6, 6.07) is 0. The molecule has 1 aromatic heterocycles. The quantitative estimate of drug-likeness (QED) is 0.540. The highest BCUT2D eigenvalue weighted by molar-refractivity contribution is 7.12. The summed E-state index contributed by atoms with van der Waals surface area (Å²) in [6.45, 7) is 4.29. The van der Waals surface area contributed by atoms with Gasteiger partial charge in [0.2, 0.25) is 6.08 Å². The third kappa shape index (κ3) is 1.43. The first-order chi connectivity index (χ1) is 6.74. The van der Waals surface area contributed by atoms with Crippen molar-refractivity contribution < 1.29 is 4.79 Å². The number of carbonyl (C=O) groups excluding carboxylic acids is 1. The van der Waals surface area contributed by atoms with E-state index in [0.717, 1.165) is 18.5 Å². The normalized spacial score (nSPS) is 14.2. The summed E-state index contributed by atoms with van der Waals surface area (Å²) in [4.78, 5) is 16.9. The number of hydrogen-bond donors (Lipinski definition) is 0. The van der Waals surface area contributed by atoms with Gasteiger partial charge in [-0.2, -0.15) is 4.99 Å². The largest absolute Gasteiger partial charge is 0.240 e. The maximum Gasteiger partial charge on any atom is 0.240 e. The van der Waals surface area contributed by atoms with Crippen molar-refractivity contribution in [2.24, 2.45) is 4.99 Å². The van der Waals surface area contributed by atoms with Crippen molar-refractivity contribution in [3.8, 4) is 0 Å². The summed E-state index contributed by atoms with van der Waals surface area (Å²) in [5.74, 6) is 0.456. The molecule has 0 N–H and O–H groups in total. The maximum absolute atomic E-state index is 10.4. The number of thiophene rings is 1. The van der Waals surface area contributed by atoms with E-state index in [1.54, 1.807) is 6.08 Å². The van der Waals surface area contributed by atoms with Gasteiger partial charge in [-0.15, -0.1) is 11.3 Å². The van der Waals surface area contributed by atoms with E-state index in [-0.39, 0.29) is 0 Å². The highest BCUT2D eigenvalue weighted by atomic mass is 32.1. The van der Waals surface area contributed by atoms with Gasteiger partial charge in [-0.1, -0.05) is 13.8 Å². The van der Waals surface area contributed by atoms with Crippen molar-refractivity contribution in [3.63, 3.8) is 0 Å². The summed E-state index contributed by atoms with van der Waals surface area (Å²) < 4.78 is 0. The lowest BCUT2D eigenvalue weighted by Crippen LogP contribution is -1.83. The van der Waals surface area contributed by atoms with Crippen molar-refractivity contribution in [1.82, 2.24) is 0 Å². The fourth-order valence-corrected chi connectivity index (χ4v) is 3.30. The third-order valence-corrected chi connectivity index (χ3v) is 4.18. The molecule has 74 valence electrons. The topological polar surface area (TPSA) is 29.4 Å². The Balaban J connectivity index is 2.56. The van der Waals surface area contributed by atoms with Crippen LogP contribution in [0.1, 0.15) is 41.5 Å². The van der Waals surface area contributed by atoms with Crippen LogP contribution in [0.4, 0.5) is 5.69 Å². The fourth-order valence-electron chi connectivity index (χ4n) is 1.97. The fraction of sp³-hybridized carbons (Fsp3) is 0.545. The molecular formula is C11H13NOS. The first kappa shape index (κ1) is 9.63. The Bertz CT molecular complexity index is 400. The molecule has 0 unspecified atom stereocenters. The first-order valence-corrected chi connectivity index (χ1v) is 5.78. The molecule has 0 radical (unpaired) electrons. The van der Waals surface area contributed by atoms with E-state index in [9.17, 15) is 4.79 Å². The van der Waals surface area contributed by atoms with Gasteiger partial charge < -0.3 is 0 Å². The average Bonchev–Trinajstić information content (AvgIpc) is 2.67. The summed E-state index contributed by atoms with van der Waals surface area (Å²) in [5, 5.41) is 0. The van der Waals surface area contributed by atoms with Crippen LogP contribution in [0.5, 0.6) is 0 Å². The van der Waals surface area contributed by atoms with Crippen molar-refractivity contribution in [2.45, 2.75) is 39.0 Å². The Morgan fingerprint density at radius 1 is 1.43 bits per heavy atom. The highest BCUT2D eigenvalue weighted by Crippen LogP contribution is 2.43. The summed E-state index contributed by atoms with van der Waals surface area (Å²) in [5.41, 5.74) is 2.23. The van der Waals surface area contributed by atoms with Crippen LogP contribution >= 0.6 is 11.3 Å². The zero-order valence-corrected chi connectivity index (χ0v) is 9.28. The molecule has 1 aliphatic rings. The number of aryl methyl sites for hydroxylation is 1. The molecule has 2 nitrogen and oxygen atoms in total. The van der Waals surface area contributed by atoms with E-state index in [1.165, 1.54) is 21.7 Å². The predicted molar refractivity (Wildman–Crippen MR) is 58.2 cm³/mol. The zero-order chi connectivity index (χ0) is 10.1. The van der Waals surface area contributed by atoms with E-state index in [0.29, 0.717) is 5.92 Å². The second-order valence-corrected chi connectivity index (χ2v) is 5.06. The van der Waals surface area contributed by atoms with Crippen LogP contribution in [-0.4, -0.2) is 6.08 Å². The molecule has 0 saturated heterocycles. The molecule has 2 rings (SSSR count). The molecule has 0 aromatic carbocycles. The Morgan fingerprint density at radius 3 is 2.86 bits per heavy atom. The molecule has 3 heteroatoms. The van der Waals surface area contributed by atoms with Crippen LogP contribution in [0.15, 0.2) is 4.99 Å². The minimum Gasteiger partial charge on any atom is -0.211 e. The number of hydrogen-bond acceptors (Lipinski definition) is 3. The van der Waals surface area contributed by atoms with E-state index in [4.69, 9.17) is 0 Å². The Labute approximate surface area is 87.7 Å². The monoisotopic (exact) mass is 207 g/mol. The van der Waals surface area contributed by atoms with Gasteiger partial charge >= 0.3 is 0 Å². The standard InChI is InChI=1S/C11H13NOS/c1-7(2)11-10(12-6-13)8-4-3-5-9(8)14-11/h7H,3-5H2,1-2H3. The van der Waals surface area contributed by atoms with Crippen molar-refractivity contribution >= 4 is 23.1 Å². The Hall–Kier alpha value is -0.920. The molecule has 1 aromatic rings. The Morgan fingerprint density at radius 2 is 2.21 bits per heavy atom. The van der Waals surface area contributed by atoms with Gasteiger partial charge in [0, 0.05) is 9.75 Å². The highest BCUT2D eigenvalue weighted by Gasteiger charge is 2.23. The smallest absolute Gasteiger partial charge is 0.211 e. The number of aliphatic imine (C=N–C) groups is 1. The van der Waals surface area contributed by atoms with Crippen LogP contribution in [0.25, 0.3) is 0 Å². The molecule has 0 bridgehead atoms. The van der Waals surface area contributed by atoms with Gasteiger partial charge in [0.25, 0.3) is 0 Å². The number of fused-ring (bicyclic) bond motifs is 1. The van der Waals surface area contributed by atoms with E-state index >= 15 is 0 Å². The molecule has 0 atom stereocenters. The second kappa shape index (κ2) is 3.68. The minimum atomic E-state index is 0.456. The molecule has 0 amide bonds. The minimum absolute atomic E-state index is 0.456. The van der Waals surface area contributed by atoms with E-state index in [2.05, 4.69) is 18.8 Å². The average molecular weight is 207 g/mol. The van der Waals surface area contributed by atoms with Crippen LogP contribution in [-0.2, 0) is 17.6 Å². The van der Waals surface area contributed by atoms with Gasteiger partial charge in [0.15, 0.2) is 0 Å². The molecular weight excluding hydrogens is 194 g/mol. The van der Waals surface area contributed by atoms with Gasteiger partial charge in [-0.05, 0) is 30.7 Å². The molecule has 0 fully saturated rings. The SMILES string of the molecule is CC(C)c1sc2c(c1N=C=O)CCC2. The third-order valence-electron chi connectivity index (χ3n) is 2.60. The maximum atomic E-state index is 10.4. The van der Waals surface area contributed by atoms with Crippen molar-refractivity contribution in [3.05, 3.63) is 15.3 Å². The Kier molecular flexibility index (Phi) is 2.53. The zero-order valence-electron chi connectivity index (χ0n) is 8.46. The summed E-state index contributed by atoms with van der Waals surface area (Å²) >= 11 is 1.82. The summed E-state index contributed by atoms with van der Waals surface area (Å²) in [6.07, 6.45) is 5.13. The predicted octanol–water partition coefficient (Wildman–Crippen LogP) is 3.33. The number of rotatable bonds is 2. The number of isocyanates is 1. The molecule has 0 aliphatic heterocycles. The van der Waals surface area contributed by atoms with Crippen LogP contribution in [0.3, 0.4) is 0 Å². The first-order valence-electron chi connectivity index (χ1n) is 4.96. The van der Waals surface area contributed by atoms with Crippen LogP contribution < -0.4 is 0 Å². The van der Waals surface area contributed by atoms with Crippen LogP contribution in [0.2, 0.25) is 0 Å². The van der Waals surface area contributed by atoms with Crippen LogP contribution in [0, 0.1) is 0 Å². The number of nitrogens with zero attached hydrogens (tertiary/aromatic N) is 1. The molecule has 0 spiro atoms. The van der Waals surface area contributed by atoms with Gasteiger partial charge in [0.05, 0.1) is 5.69 Å². The van der Waals surface area contributed by atoms with Gasteiger partial charge in [0.1, 0.15) is 0 Å². The van der Waals surface area contributed by atoms with Gasteiger partial charge in [-0.3, -0.25) is 0 Å². The second-order valence-electron chi connectivity index (χ2n) is 3.93. The summed E-state index contributed by atoms with van der Waals surface area (Å²) in [7, 11) is 0. The molecule has 14 heavy (non-hydrogen) atoms. The molecule has 1 heterocycles. The van der Waals surface area contributed by atoms with Gasteiger partial charge in [-0.25, -0.2) is 4.79 Å². The lowest BCUT2D eigenvalue weighted by atomic mass is 10.1. The lowest BCUT2D eigenvalue weighted by molar-refractivity contribution is 0.565.